The highest BCUT2D eigenvalue weighted by atomic mass is 31.2. The van der Waals surface area contributed by atoms with Crippen molar-refractivity contribution >= 4 is 7.82 Å². The van der Waals surface area contributed by atoms with Gasteiger partial charge in [-0.15, -0.1) is 0 Å². The number of benzene rings is 1. The van der Waals surface area contributed by atoms with E-state index in [1.165, 1.54) is 0 Å². The Balaban J connectivity index is 2.11. The van der Waals surface area contributed by atoms with Crippen LogP contribution in [0.15, 0.2) is 30.3 Å². The van der Waals surface area contributed by atoms with Crippen LogP contribution in [0.4, 0.5) is 0 Å². The van der Waals surface area contributed by atoms with Crippen LogP contribution in [0.3, 0.4) is 0 Å². The fourth-order valence-corrected chi connectivity index (χ4v) is 2.89. The Morgan fingerprint density at radius 3 is 2.53 bits per heavy atom. The molecule has 1 aromatic carbocycles. The quantitative estimate of drug-likeness (QED) is 0.730. The van der Waals surface area contributed by atoms with Gasteiger partial charge in [-0.05, 0) is 26.0 Å². The van der Waals surface area contributed by atoms with Crippen LogP contribution in [0.2, 0.25) is 0 Å². The molecule has 82 valence electrons. The molecule has 2 rings (SSSR count). The van der Waals surface area contributed by atoms with Crippen LogP contribution in [0.25, 0.3) is 0 Å². The van der Waals surface area contributed by atoms with Crippen molar-refractivity contribution in [2.24, 2.45) is 0 Å². The smallest absolute Gasteiger partial charge is 0.404 e. The standard InChI is InChI=1S/C10H13O4P/c1-10(2)8-12-15(11,14-10)13-9-6-4-3-5-7-9/h3-7H,8H2,1-2H3. The van der Waals surface area contributed by atoms with Crippen molar-refractivity contribution in [2.75, 3.05) is 6.61 Å². The Labute approximate surface area is 88.8 Å². The molecule has 5 heteroatoms. The van der Waals surface area contributed by atoms with Gasteiger partial charge in [0, 0.05) is 0 Å². The Morgan fingerprint density at radius 1 is 1.33 bits per heavy atom. The van der Waals surface area contributed by atoms with Crippen molar-refractivity contribution in [3.63, 3.8) is 0 Å². The lowest BCUT2D eigenvalue weighted by Crippen LogP contribution is -2.20. The fraction of sp³-hybridized carbons (Fsp3) is 0.400. The third-order valence-corrected chi connectivity index (χ3v) is 3.49. The normalized spacial score (nSPS) is 28.9. The Bertz CT molecular complexity index is 388. The van der Waals surface area contributed by atoms with Gasteiger partial charge in [0.15, 0.2) is 0 Å². The second-order valence-corrected chi connectivity index (χ2v) is 5.49. The summed E-state index contributed by atoms with van der Waals surface area (Å²) in [6.07, 6.45) is 0. The van der Waals surface area contributed by atoms with E-state index >= 15 is 0 Å². The molecular formula is C10H13O4P. The highest BCUT2D eigenvalue weighted by Gasteiger charge is 2.45. The first-order chi connectivity index (χ1) is 6.99. The number of para-hydroxylation sites is 1. The van der Waals surface area contributed by atoms with Crippen molar-refractivity contribution in [3.05, 3.63) is 30.3 Å². The molecular weight excluding hydrogens is 215 g/mol. The average molecular weight is 228 g/mol. The molecule has 0 radical (unpaired) electrons. The van der Waals surface area contributed by atoms with Gasteiger partial charge in [0.05, 0.1) is 12.2 Å². The van der Waals surface area contributed by atoms with Gasteiger partial charge in [-0.25, -0.2) is 4.57 Å². The van der Waals surface area contributed by atoms with E-state index in [-0.39, 0.29) is 6.61 Å². The molecule has 0 saturated carbocycles. The number of hydrogen-bond donors (Lipinski definition) is 0. The number of phosphoric acid groups is 1. The lowest BCUT2D eigenvalue weighted by Gasteiger charge is -2.15. The van der Waals surface area contributed by atoms with E-state index in [0.717, 1.165) is 0 Å². The van der Waals surface area contributed by atoms with Gasteiger partial charge in [0.2, 0.25) is 0 Å². The Morgan fingerprint density at radius 2 is 2.00 bits per heavy atom. The summed E-state index contributed by atoms with van der Waals surface area (Å²) in [4.78, 5) is 0. The minimum atomic E-state index is -3.41. The summed E-state index contributed by atoms with van der Waals surface area (Å²) in [6, 6.07) is 8.85. The summed E-state index contributed by atoms with van der Waals surface area (Å²) in [7, 11) is -3.41. The van der Waals surface area contributed by atoms with Crippen LogP contribution >= 0.6 is 7.82 Å². The molecule has 15 heavy (non-hydrogen) atoms. The first-order valence-electron chi connectivity index (χ1n) is 4.69. The van der Waals surface area contributed by atoms with Crippen LogP contribution in [-0.2, 0) is 13.6 Å². The average Bonchev–Trinajstić information content (AvgIpc) is 2.42. The predicted molar refractivity (Wildman–Crippen MR) is 55.8 cm³/mol. The third kappa shape index (κ3) is 2.59. The summed E-state index contributed by atoms with van der Waals surface area (Å²) in [6.45, 7) is 3.89. The van der Waals surface area contributed by atoms with E-state index in [1.54, 1.807) is 38.1 Å². The molecule has 1 aliphatic heterocycles. The van der Waals surface area contributed by atoms with Gasteiger partial charge < -0.3 is 4.52 Å². The highest BCUT2D eigenvalue weighted by molar-refractivity contribution is 7.49. The summed E-state index contributed by atoms with van der Waals surface area (Å²) >= 11 is 0. The summed E-state index contributed by atoms with van der Waals surface area (Å²) in [5, 5.41) is 0. The predicted octanol–water partition coefficient (Wildman–Crippen LogP) is 3.00. The largest absolute Gasteiger partial charge is 0.530 e. The van der Waals surface area contributed by atoms with Crippen LogP contribution in [0.5, 0.6) is 5.75 Å². The molecule has 0 bridgehead atoms. The number of rotatable bonds is 2. The fourth-order valence-electron chi connectivity index (χ4n) is 1.25. The zero-order chi connectivity index (χ0) is 10.9. The molecule has 1 aromatic rings. The molecule has 1 atom stereocenters. The Kier molecular flexibility index (Phi) is 2.59. The summed E-state index contributed by atoms with van der Waals surface area (Å²) in [5.74, 6) is 0.485. The summed E-state index contributed by atoms with van der Waals surface area (Å²) < 4.78 is 27.5. The molecule has 4 nitrogen and oxygen atoms in total. The van der Waals surface area contributed by atoms with Crippen molar-refractivity contribution in [1.82, 2.24) is 0 Å². The monoisotopic (exact) mass is 228 g/mol. The van der Waals surface area contributed by atoms with Crippen LogP contribution in [0, 0.1) is 0 Å². The van der Waals surface area contributed by atoms with E-state index in [9.17, 15) is 4.57 Å². The van der Waals surface area contributed by atoms with Crippen molar-refractivity contribution in [2.45, 2.75) is 19.4 Å². The third-order valence-electron chi connectivity index (χ3n) is 1.89. The molecule has 1 saturated heterocycles. The lowest BCUT2D eigenvalue weighted by molar-refractivity contribution is 0.130. The maximum atomic E-state index is 11.9. The molecule has 1 fully saturated rings. The van der Waals surface area contributed by atoms with Gasteiger partial charge in [-0.3, -0.25) is 9.05 Å². The molecule has 1 unspecified atom stereocenters. The van der Waals surface area contributed by atoms with E-state index in [4.69, 9.17) is 13.6 Å². The molecule has 0 N–H and O–H groups in total. The van der Waals surface area contributed by atoms with Gasteiger partial charge in [-0.1, -0.05) is 18.2 Å². The molecule has 0 spiro atoms. The first-order valence-corrected chi connectivity index (χ1v) is 6.15. The van der Waals surface area contributed by atoms with E-state index in [0.29, 0.717) is 5.75 Å². The van der Waals surface area contributed by atoms with Gasteiger partial charge >= 0.3 is 7.82 Å². The molecule has 1 heterocycles. The molecule has 0 aromatic heterocycles. The topological polar surface area (TPSA) is 44.8 Å². The second kappa shape index (κ2) is 3.63. The van der Waals surface area contributed by atoms with Crippen LogP contribution < -0.4 is 4.52 Å². The van der Waals surface area contributed by atoms with Crippen molar-refractivity contribution < 1.29 is 18.1 Å². The first kappa shape index (κ1) is 10.7. The molecule has 1 aliphatic rings. The zero-order valence-electron chi connectivity index (χ0n) is 8.67. The minimum absolute atomic E-state index is 0.275. The second-order valence-electron chi connectivity index (χ2n) is 3.98. The van der Waals surface area contributed by atoms with E-state index in [2.05, 4.69) is 0 Å². The van der Waals surface area contributed by atoms with Crippen molar-refractivity contribution in [3.8, 4) is 5.75 Å². The zero-order valence-corrected chi connectivity index (χ0v) is 9.57. The van der Waals surface area contributed by atoms with Gasteiger partial charge in [0.25, 0.3) is 0 Å². The number of hydrogen-bond acceptors (Lipinski definition) is 4. The maximum Gasteiger partial charge on any atom is 0.530 e. The summed E-state index contributed by atoms with van der Waals surface area (Å²) in [5.41, 5.74) is -0.551. The van der Waals surface area contributed by atoms with Crippen LogP contribution in [-0.4, -0.2) is 12.2 Å². The SMILES string of the molecule is CC1(C)COP(=O)(Oc2ccccc2)O1. The van der Waals surface area contributed by atoms with Crippen molar-refractivity contribution in [1.29, 1.82) is 0 Å². The Hall–Kier alpha value is -0.830. The van der Waals surface area contributed by atoms with Gasteiger partial charge in [-0.2, -0.15) is 0 Å². The number of phosphoric ester groups is 1. The highest BCUT2D eigenvalue weighted by Crippen LogP contribution is 2.57. The van der Waals surface area contributed by atoms with Gasteiger partial charge in [0.1, 0.15) is 5.75 Å². The molecule has 0 aliphatic carbocycles. The van der Waals surface area contributed by atoms with E-state index in [1.807, 2.05) is 6.07 Å². The minimum Gasteiger partial charge on any atom is -0.404 e. The van der Waals surface area contributed by atoms with Crippen LogP contribution in [0.1, 0.15) is 13.8 Å². The lowest BCUT2D eigenvalue weighted by atomic mass is 10.2. The molecule has 0 amide bonds. The van der Waals surface area contributed by atoms with E-state index < -0.39 is 13.4 Å². The maximum absolute atomic E-state index is 11.9.